The van der Waals surface area contributed by atoms with Crippen LogP contribution >= 0.6 is 22.6 Å². The Morgan fingerprint density at radius 3 is 2.26 bits per heavy atom. The van der Waals surface area contributed by atoms with Crippen LogP contribution in [0.25, 0.3) is 0 Å². The Kier molecular flexibility index (Phi) is 10.2. The van der Waals surface area contributed by atoms with Crippen molar-refractivity contribution in [2.45, 2.75) is 51.3 Å². The van der Waals surface area contributed by atoms with Crippen LogP contribution < -0.4 is 10.6 Å². The predicted molar refractivity (Wildman–Crippen MR) is 143 cm³/mol. The molecule has 1 amide bonds. The number of carbonyl (C=O) groups is 1. The minimum absolute atomic E-state index is 0.0960. The smallest absolute Gasteiger partial charge is 0.224 e. The van der Waals surface area contributed by atoms with Gasteiger partial charge in [0.25, 0.3) is 0 Å². The summed E-state index contributed by atoms with van der Waals surface area (Å²) in [6.07, 6.45) is -0.718. The predicted octanol–water partition coefficient (Wildman–Crippen LogP) is 5.11. The van der Waals surface area contributed by atoms with Crippen molar-refractivity contribution in [3.8, 4) is 0 Å². The first kappa shape index (κ1) is 27.2. The lowest BCUT2D eigenvalue weighted by atomic mass is 9.99. The molecule has 0 spiro atoms. The summed E-state index contributed by atoms with van der Waals surface area (Å²) in [5, 5.41) is 17.0. The van der Waals surface area contributed by atoms with E-state index < -0.39 is 23.8 Å². The minimum atomic E-state index is -0.962. The molecule has 0 aromatic heterocycles. The van der Waals surface area contributed by atoms with Crippen LogP contribution in [0.1, 0.15) is 42.0 Å². The van der Waals surface area contributed by atoms with Crippen molar-refractivity contribution in [1.82, 2.24) is 10.6 Å². The lowest BCUT2D eigenvalue weighted by molar-refractivity contribution is -0.122. The third-order valence-corrected chi connectivity index (χ3v) is 6.44. The van der Waals surface area contributed by atoms with Crippen LogP contribution in [0.3, 0.4) is 0 Å². The number of hydrogen-bond acceptors (Lipinski definition) is 3. The average molecular weight is 592 g/mol. The summed E-state index contributed by atoms with van der Waals surface area (Å²) in [7, 11) is 0. The summed E-state index contributed by atoms with van der Waals surface area (Å²) in [6, 6.07) is 18.4. The van der Waals surface area contributed by atoms with Crippen molar-refractivity contribution < 1.29 is 18.7 Å². The minimum Gasteiger partial charge on any atom is -0.390 e. The fourth-order valence-electron chi connectivity index (χ4n) is 3.88. The van der Waals surface area contributed by atoms with Gasteiger partial charge in [0.2, 0.25) is 5.91 Å². The van der Waals surface area contributed by atoms with Gasteiger partial charge in [0.1, 0.15) is 11.6 Å². The van der Waals surface area contributed by atoms with Crippen LogP contribution in [-0.4, -0.2) is 29.7 Å². The second-order valence-electron chi connectivity index (χ2n) is 9.06. The molecule has 0 aliphatic rings. The molecule has 0 radical (unpaired) electrons. The van der Waals surface area contributed by atoms with Gasteiger partial charge >= 0.3 is 0 Å². The largest absolute Gasteiger partial charge is 0.390 e. The van der Waals surface area contributed by atoms with E-state index in [-0.39, 0.29) is 25.3 Å². The van der Waals surface area contributed by atoms with Gasteiger partial charge in [0, 0.05) is 22.7 Å². The topological polar surface area (TPSA) is 61.4 Å². The summed E-state index contributed by atoms with van der Waals surface area (Å²) in [5.41, 5.74) is 3.48. The van der Waals surface area contributed by atoms with Crippen LogP contribution in [0.15, 0.2) is 66.7 Å². The van der Waals surface area contributed by atoms with Crippen molar-refractivity contribution in [2.24, 2.45) is 0 Å². The fourth-order valence-corrected chi connectivity index (χ4v) is 4.49. The summed E-state index contributed by atoms with van der Waals surface area (Å²) in [5.74, 6) is -1.25. The molecule has 0 bridgehead atoms. The average Bonchev–Trinajstić information content (AvgIpc) is 2.78. The summed E-state index contributed by atoms with van der Waals surface area (Å²) in [6.45, 7) is 4.97. The Morgan fingerprint density at radius 2 is 1.63 bits per heavy atom. The maximum Gasteiger partial charge on any atom is 0.224 e. The number of halogens is 3. The van der Waals surface area contributed by atoms with E-state index in [1.807, 2.05) is 48.5 Å². The van der Waals surface area contributed by atoms with E-state index in [0.29, 0.717) is 18.0 Å². The van der Waals surface area contributed by atoms with Gasteiger partial charge in [-0.05, 0) is 81.4 Å². The monoisotopic (exact) mass is 592 g/mol. The van der Waals surface area contributed by atoms with E-state index in [2.05, 4.69) is 47.1 Å². The van der Waals surface area contributed by atoms with Gasteiger partial charge < -0.3 is 15.7 Å². The molecule has 3 rings (SSSR count). The number of aliphatic hydroxyl groups is 1. The zero-order valence-corrected chi connectivity index (χ0v) is 22.1. The first-order chi connectivity index (χ1) is 16.7. The third kappa shape index (κ3) is 8.98. The number of carbonyl (C=O) groups excluding carboxylic acids is 1. The van der Waals surface area contributed by atoms with E-state index in [1.54, 1.807) is 0 Å². The van der Waals surface area contributed by atoms with Crippen LogP contribution in [0.4, 0.5) is 8.78 Å². The van der Waals surface area contributed by atoms with Crippen LogP contribution in [-0.2, 0) is 24.2 Å². The molecule has 4 nitrogen and oxygen atoms in total. The van der Waals surface area contributed by atoms with Gasteiger partial charge in [0.05, 0.1) is 18.6 Å². The molecule has 0 saturated heterocycles. The van der Waals surface area contributed by atoms with E-state index >= 15 is 0 Å². The maximum absolute atomic E-state index is 13.7. The van der Waals surface area contributed by atoms with Gasteiger partial charge in [0.15, 0.2) is 0 Å². The van der Waals surface area contributed by atoms with Gasteiger partial charge in [-0.2, -0.15) is 0 Å². The molecular formula is C28H31F2IN2O2. The molecule has 35 heavy (non-hydrogen) atoms. The highest BCUT2D eigenvalue weighted by molar-refractivity contribution is 14.1. The molecule has 7 heteroatoms. The van der Waals surface area contributed by atoms with E-state index in [1.165, 1.54) is 17.7 Å². The van der Waals surface area contributed by atoms with E-state index in [0.717, 1.165) is 20.8 Å². The molecule has 0 saturated carbocycles. The first-order valence-corrected chi connectivity index (χ1v) is 12.7. The lowest BCUT2D eigenvalue weighted by Crippen LogP contribution is -2.49. The number of rotatable bonds is 11. The fraction of sp³-hybridized carbons (Fsp3) is 0.321. The normalized spacial score (nSPS) is 13.0. The summed E-state index contributed by atoms with van der Waals surface area (Å²) < 4.78 is 28.6. The third-order valence-electron chi connectivity index (χ3n) is 5.77. The summed E-state index contributed by atoms with van der Waals surface area (Å²) in [4.78, 5) is 12.8. The second kappa shape index (κ2) is 13.1. The molecule has 0 aliphatic carbocycles. The lowest BCUT2D eigenvalue weighted by Gasteiger charge is -2.25. The van der Waals surface area contributed by atoms with Crippen molar-refractivity contribution in [1.29, 1.82) is 0 Å². The van der Waals surface area contributed by atoms with Crippen molar-refractivity contribution in [3.63, 3.8) is 0 Å². The van der Waals surface area contributed by atoms with Crippen LogP contribution in [0, 0.1) is 15.2 Å². The Balaban J connectivity index is 1.66. The van der Waals surface area contributed by atoms with Crippen molar-refractivity contribution in [3.05, 3.63) is 104 Å². The Morgan fingerprint density at radius 1 is 0.943 bits per heavy atom. The molecule has 3 aromatic rings. The number of nitrogens with one attached hydrogen (secondary N) is 2. The molecule has 3 aromatic carbocycles. The Labute approximate surface area is 219 Å². The van der Waals surface area contributed by atoms with Gasteiger partial charge in [-0.25, -0.2) is 8.78 Å². The standard InChI is InChI=1S/C28H31F2IN2O2/c1-18(2)22-8-6-19(7-9-22)14-28(35)33-26(13-21-10-23(29)15-24(30)11-21)27(34)17-32-16-20-4-3-5-25(31)12-20/h3-12,15,18,26-27,32,34H,13-14,16-17H2,1-2H3,(H,33,35)/t26-,27+/m0/s1. The first-order valence-electron chi connectivity index (χ1n) is 11.7. The quantitative estimate of drug-likeness (QED) is 0.271. The van der Waals surface area contributed by atoms with Crippen LogP contribution in [0.2, 0.25) is 0 Å². The molecule has 0 unspecified atom stereocenters. The SMILES string of the molecule is CC(C)c1ccc(CC(=O)N[C@@H](Cc2cc(F)cc(F)c2)[C@H](O)CNCc2cccc(I)c2)cc1. The van der Waals surface area contributed by atoms with Crippen molar-refractivity contribution >= 4 is 28.5 Å². The van der Waals surface area contributed by atoms with Gasteiger partial charge in [-0.3, -0.25) is 4.79 Å². The highest BCUT2D eigenvalue weighted by Gasteiger charge is 2.22. The highest BCUT2D eigenvalue weighted by Crippen LogP contribution is 2.16. The number of aliphatic hydroxyl groups excluding tert-OH is 1. The second-order valence-corrected chi connectivity index (χ2v) is 10.3. The molecule has 0 fully saturated rings. The Bertz CT molecular complexity index is 1100. The molecule has 0 heterocycles. The van der Waals surface area contributed by atoms with E-state index in [4.69, 9.17) is 0 Å². The Hall–Kier alpha value is -2.36. The van der Waals surface area contributed by atoms with Gasteiger partial charge in [-0.15, -0.1) is 0 Å². The molecule has 2 atom stereocenters. The van der Waals surface area contributed by atoms with Gasteiger partial charge in [-0.1, -0.05) is 50.2 Å². The molecule has 0 aliphatic heterocycles. The number of amides is 1. The maximum atomic E-state index is 13.7. The van der Waals surface area contributed by atoms with E-state index in [9.17, 15) is 18.7 Å². The summed E-state index contributed by atoms with van der Waals surface area (Å²) >= 11 is 2.24. The molecule has 186 valence electrons. The van der Waals surface area contributed by atoms with Crippen LogP contribution in [0.5, 0.6) is 0 Å². The zero-order valence-electron chi connectivity index (χ0n) is 19.9. The molecule has 3 N–H and O–H groups in total. The highest BCUT2D eigenvalue weighted by atomic mass is 127. The number of hydrogen-bond donors (Lipinski definition) is 3. The number of benzene rings is 3. The molecular weight excluding hydrogens is 561 g/mol. The zero-order chi connectivity index (χ0) is 25.4. The van der Waals surface area contributed by atoms with Crippen molar-refractivity contribution in [2.75, 3.05) is 6.54 Å².